The van der Waals surface area contributed by atoms with Crippen molar-refractivity contribution in [2.75, 3.05) is 21.6 Å². The molecule has 0 unspecified atom stereocenters. The van der Waals surface area contributed by atoms with Crippen LogP contribution in [0.1, 0.15) is 11.1 Å². The lowest BCUT2D eigenvalue weighted by Crippen LogP contribution is -2.39. The van der Waals surface area contributed by atoms with Gasteiger partial charge in [0.25, 0.3) is 15.7 Å². The smallest absolute Gasteiger partial charge is 0.416 e. The molecule has 0 fully saturated rings. The van der Waals surface area contributed by atoms with Crippen LogP contribution in [-0.4, -0.2) is 25.8 Å². The zero-order chi connectivity index (χ0) is 24.0. The first kappa shape index (κ1) is 22.1. The quantitative estimate of drug-likeness (QED) is 0.366. The number of hydrogen-bond acceptors (Lipinski definition) is 7. The van der Waals surface area contributed by atoms with Crippen molar-refractivity contribution in [3.8, 4) is 0 Å². The van der Waals surface area contributed by atoms with Crippen molar-refractivity contribution in [1.82, 2.24) is 0 Å². The number of nitro benzene ring substituents is 1. The van der Waals surface area contributed by atoms with Gasteiger partial charge in [-0.1, -0.05) is 0 Å². The summed E-state index contributed by atoms with van der Waals surface area (Å²) in [7, 11) is -4.57. The van der Waals surface area contributed by atoms with Gasteiger partial charge >= 0.3 is 6.18 Å². The molecule has 10 nitrogen and oxygen atoms in total. The van der Waals surface area contributed by atoms with Crippen molar-refractivity contribution in [3.05, 3.63) is 76.0 Å². The zero-order valence-electron chi connectivity index (χ0n) is 16.4. The van der Waals surface area contributed by atoms with Crippen LogP contribution in [0.15, 0.2) is 64.1 Å². The molecule has 0 saturated heterocycles. The highest BCUT2D eigenvalue weighted by Gasteiger charge is 2.35. The molecule has 14 heteroatoms. The molecule has 2 aromatic carbocycles. The Morgan fingerprint density at radius 1 is 1.15 bits per heavy atom. The van der Waals surface area contributed by atoms with Crippen LogP contribution in [0.5, 0.6) is 0 Å². The number of amidine groups is 1. The number of sulfonamides is 1. The zero-order valence-corrected chi connectivity index (χ0v) is 17.2. The highest BCUT2D eigenvalue weighted by molar-refractivity contribution is 7.92. The number of alkyl halides is 3. The van der Waals surface area contributed by atoms with E-state index < -0.39 is 37.3 Å². The summed E-state index contributed by atoms with van der Waals surface area (Å²) in [5, 5.41) is 22.5. The number of halogens is 3. The van der Waals surface area contributed by atoms with Gasteiger partial charge in [-0.15, -0.1) is 0 Å². The van der Waals surface area contributed by atoms with Crippen LogP contribution in [-0.2, 0) is 16.2 Å². The highest BCUT2D eigenvalue weighted by Crippen LogP contribution is 2.35. The van der Waals surface area contributed by atoms with E-state index in [1.54, 1.807) is 11.0 Å². The lowest BCUT2D eigenvalue weighted by molar-refractivity contribution is -0.388. The molecule has 0 saturated carbocycles. The van der Waals surface area contributed by atoms with Crippen molar-refractivity contribution >= 4 is 38.8 Å². The molecule has 33 heavy (non-hydrogen) atoms. The van der Waals surface area contributed by atoms with E-state index in [0.29, 0.717) is 29.3 Å². The number of furan rings is 1. The highest BCUT2D eigenvalue weighted by atomic mass is 32.2. The summed E-state index contributed by atoms with van der Waals surface area (Å²) in [5.74, 6) is 0.616. The lowest BCUT2D eigenvalue weighted by atomic mass is 10.2. The molecule has 4 rings (SSSR count). The molecule has 0 bridgehead atoms. The number of nitrogens with zero attached hydrogens (tertiary/aromatic N) is 2. The van der Waals surface area contributed by atoms with Gasteiger partial charge in [0, 0.05) is 17.4 Å². The number of rotatable bonds is 5. The van der Waals surface area contributed by atoms with E-state index in [0.717, 1.165) is 0 Å². The SMILES string of the molecule is N=C1c2ccoc2NCN1c1ccc(NS(=O)(=O)c2ccc(C(F)(F)F)cc2[N+](=O)[O-])cc1. The second-order valence-electron chi connectivity index (χ2n) is 6.86. The van der Waals surface area contributed by atoms with E-state index in [1.807, 2.05) is 0 Å². The van der Waals surface area contributed by atoms with Gasteiger partial charge in [-0.2, -0.15) is 13.2 Å². The Bertz CT molecular complexity index is 1350. The van der Waals surface area contributed by atoms with Gasteiger partial charge in [0.2, 0.25) is 5.88 Å². The van der Waals surface area contributed by atoms with Crippen LogP contribution in [0.25, 0.3) is 0 Å². The van der Waals surface area contributed by atoms with E-state index in [-0.39, 0.29) is 24.3 Å². The largest absolute Gasteiger partial charge is 0.448 e. The standard InChI is InChI=1S/C19H14F3N5O5S/c20-19(21,22)11-1-6-16(15(9-11)27(28)29)33(30,31)25-12-2-4-13(5-3-12)26-10-24-18-14(17(26)23)7-8-32-18/h1-9,23-25H,10H2. The maximum Gasteiger partial charge on any atom is 0.416 e. The van der Waals surface area contributed by atoms with Crippen LogP contribution in [0.2, 0.25) is 0 Å². The number of anilines is 3. The summed E-state index contributed by atoms with van der Waals surface area (Å²) in [5.41, 5.74) is -1.43. The minimum Gasteiger partial charge on any atom is -0.448 e. The van der Waals surface area contributed by atoms with Gasteiger partial charge in [0.05, 0.1) is 29.0 Å². The molecule has 1 aliphatic rings. The lowest BCUT2D eigenvalue weighted by Gasteiger charge is -2.29. The Morgan fingerprint density at radius 2 is 1.85 bits per heavy atom. The number of nitrogens with one attached hydrogen (secondary N) is 3. The van der Waals surface area contributed by atoms with Gasteiger partial charge in [0.1, 0.15) is 5.84 Å². The molecule has 0 amide bonds. The van der Waals surface area contributed by atoms with Crippen LogP contribution < -0.4 is 14.9 Å². The van der Waals surface area contributed by atoms with Gasteiger partial charge < -0.3 is 14.6 Å². The van der Waals surface area contributed by atoms with E-state index in [2.05, 4.69) is 10.0 Å². The van der Waals surface area contributed by atoms with Crippen molar-refractivity contribution in [2.45, 2.75) is 11.1 Å². The molecule has 1 aliphatic heterocycles. The summed E-state index contributed by atoms with van der Waals surface area (Å²) >= 11 is 0. The first-order valence-corrected chi connectivity index (χ1v) is 10.6. The third kappa shape index (κ3) is 4.19. The van der Waals surface area contributed by atoms with Crippen LogP contribution in [0.4, 0.5) is 36.1 Å². The average molecular weight is 481 g/mol. The van der Waals surface area contributed by atoms with Crippen LogP contribution in [0.3, 0.4) is 0 Å². The van der Waals surface area contributed by atoms with Crippen molar-refractivity contribution in [2.24, 2.45) is 0 Å². The Morgan fingerprint density at radius 3 is 2.48 bits per heavy atom. The van der Waals surface area contributed by atoms with E-state index in [9.17, 15) is 31.7 Å². The molecule has 0 spiro atoms. The topological polar surface area (TPSA) is 142 Å². The van der Waals surface area contributed by atoms with E-state index in [1.165, 1.54) is 30.5 Å². The summed E-state index contributed by atoms with van der Waals surface area (Å²) in [6.07, 6.45) is -3.43. The summed E-state index contributed by atoms with van der Waals surface area (Å²) < 4.78 is 71.3. The predicted octanol–water partition coefficient (Wildman–Crippen LogP) is 4.22. The predicted molar refractivity (Wildman–Crippen MR) is 112 cm³/mol. The van der Waals surface area contributed by atoms with Gasteiger partial charge in [-0.3, -0.25) is 20.2 Å². The maximum atomic E-state index is 12.9. The molecular formula is C19H14F3N5O5S. The van der Waals surface area contributed by atoms with Crippen LogP contribution in [0, 0.1) is 15.5 Å². The van der Waals surface area contributed by atoms with E-state index >= 15 is 0 Å². The minimum absolute atomic E-state index is 0.0217. The first-order chi connectivity index (χ1) is 15.5. The molecule has 172 valence electrons. The molecular weight excluding hydrogens is 467 g/mol. The third-order valence-electron chi connectivity index (χ3n) is 4.79. The number of nitro groups is 1. The molecule has 0 atom stereocenters. The second kappa shape index (κ2) is 7.81. The maximum absolute atomic E-state index is 12.9. The normalized spacial score (nSPS) is 13.9. The molecule has 0 aliphatic carbocycles. The fourth-order valence-corrected chi connectivity index (χ4v) is 4.42. The Kier molecular flexibility index (Phi) is 5.24. The minimum atomic E-state index is -4.87. The van der Waals surface area contributed by atoms with Crippen molar-refractivity contribution < 1.29 is 30.9 Å². The average Bonchev–Trinajstić information content (AvgIpc) is 3.23. The van der Waals surface area contributed by atoms with E-state index in [4.69, 9.17) is 9.83 Å². The van der Waals surface area contributed by atoms with Crippen LogP contribution >= 0.6 is 0 Å². The first-order valence-electron chi connectivity index (χ1n) is 9.14. The summed E-state index contributed by atoms with van der Waals surface area (Å²) in [4.78, 5) is 10.7. The molecule has 3 N–H and O–H groups in total. The Hall–Kier alpha value is -4.07. The summed E-state index contributed by atoms with van der Waals surface area (Å²) in [6.45, 7) is 0.224. The van der Waals surface area contributed by atoms with Gasteiger partial charge in [-0.25, -0.2) is 8.42 Å². The molecule has 0 radical (unpaired) electrons. The Labute approximate surface area is 184 Å². The van der Waals surface area contributed by atoms with Gasteiger partial charge in [-0.05, 0) is 42.5 Å². The van der Waals surface area contributed by atoms with Gasteiger partial charge in [0.15, 0.2) is 4.90 Å². The van der Waals surface area contributed by atoms with Crippen molar-refractivity contribution in [1.29, 1.82) is 5.41 Å². The molecule has 3 aromatic rings. The van der Waals surface area contributed by atoms with Crippen molar-refractivity contribution in [3.63, 3.8) is 0 Å². The fourth-order valence-electron chi connectivity index (χ4n) is 3.21. The fraction of sp³-hybridized carbons (Fsp3) is 0.105. The Balaban J connectivity index is 1.58. The monoisotopic (exact) mass is 481 g/mol. The summed E-state index contributed by atoms with van der Waals surface area (Å²) in [6, 6.07) is 8.56. The molecule has 2 heterocycles. The number of hydrogen-bond donors (Lipinski definition) is 3. The number of fused-ring (bicyclic) bond motifs is 1. The number of benzene rings is 2. The second-order valence-corrected chi connectivity index (χ2v) is 8.52. The third-order valence-corrected chi connectivity index (χ3v) is 6.22. The molecule has 1 aromatic heterocycles.